The van der Waals surface area contributed by atoms with Crippen molar-refractivity contribution in [1.29, 1.82) is 0 Å². The van der Waals surface area contributed by atoms with Crippen LogP contribution in [0, 0.1) is 5.92 Å². The summed E-state index contributed by atoms with van der Waals surface area (Å²) in [4.78, 5) is 0. The Bertz CT molecular complexity index is 155. The maximum atomic E-state index is 9.56. The summed E-state index contributed by atoms with van der Waals surface area (Å²) >= 11 is 0. The Morgan fingerprint density at radius 2 is 1.77 bits per heavy atom. The predicted molar refractivity (Wildman–Crippen MR) is 46.1 cm³/mol. The third-order valence-electron chi connectivity index (χ3n) is 2.49. The van der Waals surface area contributed by atoms with Crippen LogP contribution in [0.25, 0.3) is 0 Å². The lowest BCUT2D eigenvalue weighted by molar-refractivity contribution is -0.0700. The molecule has 0 aromatic carbocycles. The second-order valence-electron chi connectivity index (χ2n) is 3.48. The van der Waals surface area contributed by atoms with Gasteiger partial charge in [0.1, 0.15) is 6.10 Å². The molecular weight excluding hydrogens is 174 g/mol. The summed E-state index contributed by atoms with van der Waals surface area (Å²) in [6.07, 6.45) is -2.58. The van der Waals surface area contributed by atoms with Gasteiger partial charge in [0.2, 0.25) is 0 Å². The molecule has 5 N–H and O–H groups in total. The van der Waals surface area contributed by atoms with Crippen LogP contribution in [-0.2, 0) is 0 Å². The van der Waals surface area contributed by atoms with Crippen molar-refractivity contribution in [3.05, 3.63) is 0 Å². The fourth-order valence-electron chi connectivity index (χ4n) is 1.60. The molecule has 1 aliphatic heterocycles. The molecule has 0 spiro atoms. The summed E-state index contributed by atoms with van der Waals surface area (Å²) in [5.41, 5.74) is 0. The molecule has 5 heteroatoms. The van der Waals surface area contributed by atoms with Crippen molar-refractivity contribution in [2.75, 3.05) is 19.7 Å². The molecule has 0 unspecified atom stereocenters. The Kier molecular flexibility index (Phi) is 4.08. The van der Waals surface area contributed by atoms with Crippen molar-refractivity contribution in [1.82, 2.24) is 5.32 Å². The van der Waals surface area contributed by atoms with Gasteiger partial charge in [-0.25, -0.2) is 0 Å². The van der Waals surface area contributed by atoms with Gasteiger partial charge < -0.3 is 25.7 Å². The van der Waals surface area contributed by atoms with Crippen LogP contribution in [0.15, 0.2) is 0 Å². The zero-order chi connectivity index (χ0) is 9.84. The first-order chi connectivity index (χ1) is 6.16. The minimum atomic E-state index is -1.12. The minimum absolute atomic E-state index is 0.0216. The molecule has 1 saturated heterocycles. The van der Waals surface area contributed by atoms with E-state index in [-0.39, 0.29) is 19.1 Å². The summed E-state index contributed by atoms with van der Waals surface area (Å²) in [5, 5.41) is 39.8. The van der Waals surface area contributed by atoms with Crippen LogP contribution >= 0.6 is 0 Å². The van der Waals surface area contributed by atoms with Crippen LogP contribution in [0.1, 0.15) is 6.42 Å². The van der Waals surface area contributed by atoms with Crippen molar-refractivity contribution >= 4 is 0 Å². The van der Waals surface area contributed by atoms with Crippen molar-refractivity contribution in [2.45, 2.75) is 24.7 Å². The molecule has 13 heavy (non-hydrogen) atoms. The van der Waals surface area contributed by atoms with Gasteiger partial charge in [-0.05, 0) is 6.42 Å². The first-order valence-electron chi connectivity index (χ1n) is 4.52. The Morgan fingerprint density at radius 3 is 2.38 bits per heavy atom. The van der Waals surface area contributed by atoms with E-state index in [2.05, 4.69) is 5.32 Å². The van der Waals surface area contributed by atoms with E-state index in [0.29, 0.717) is 13.0 Å². The quantitative estimate of drug-likeness (QED) is 0.337. The lowest BCUT2D eigenvalue weighted by Gasteiger charge is -2.24. The maximum absolute atomic E-state index is 9.56. The third-order valence-corrected chi connectivity index (χ3v) is 2.49. The van der Waals surface area contributed by atoms with E-state index in [1.165, 1.54) is 0 Å². The average Bonchev–Trinajstić information content (AvgIpc) is 2.22. The van der Waals surface area contributed by atoms with Gasteiger partial charge in [0.25, 0.3) is 0 Å². The summed E-state index contributed by atoms with van der Waals surface area (Å²) in [7, 11) is 0. The van der Waals surface area contributed by atoms with Crippen LogP contribution in [0.4, 0.5) is 0 Å². The normalized spacial score (nSPS) is 41.5. The van der Waals surface area contributed by atoms with Crippen LogP contribution in [0.3, 0.4) is 0 Å². The fourth-order valence-corrected chi connectivity index (χ4v) is 1.60. The monoisotopic (exact) mass is 191 g/mol. The molecule has 0 aliphatic carbocycles. The standard InChI is InChI=1S/C8H17NO4/c10-2-1-5-3-9-4-6(11)8(13)7(5)12/h5-13H,1-4H2/t5-,6+,7-,8-/m1/s1. The van der Waals surface area contributed by atoms with Crippen molar-refractivity contribution < 1.29 is 20.4 Å². The topological polar surface area (TPSA) is 93.0 Å². The fraction of sp³-hybridized carbons (Fsp3) is 1.00. The van der Waals surface area contributed by atoms with Crippen LogP contribution in [0.5, 0.6) is 0 Å². The molecule has 0 aromatic heterocycles. The number of hydrogen-bond acceptors (Lipinski definition) is 5. The molecule has 1 heterocycles. The number of β-amino-alcohol motifs (C(OH)–C–C–N with tert-alkyl or cyclic N) is 1. The highest BCUT2D eigenvalue weighted by Crippen LogP contribution is 2.16. The molecule has 0 aromatic rings. The molecular formula is C8H17NO4. The average molecular weight is 191 g/mol. The number of hydrogen-bond donors (Lipinski definition) is 5. The number of aliphatic hydroxyl groups is 4. The minimum Gasteiger partial charge on any atom is -0.396 e. The van der Waals surface area contributed by atoms with Gasteiger partial charge in [-0.2, -0.15) is 0 Å². The van der Waals surface area contributed by atoms with E-state index in [0.717, 1.165) is 0 Å². The zero-order valence-corrected chi connectivity index (χ0v) is 7.43. The number of aliphatic hydroxyl groups excluding tert-OH is 4. The molecule has 78 valence electrons. The molecule has 4 atom stereocenters. The van der Waals surface area contributed by atoms with Crippen molar-refractivity contribution in [3.63, 3.8) is 0 Å². The predicted octanol–water partition coefficient (Wildman–Crippen LogP) is -2.33. The highest BCUT2D eigenvalue weighted by molar-refractivity contribution is 4.86. The third kappa shape index (κ3) is 2.62. The first-order valence-corrected chi connectivity index (χ1v) is 4.52. The van der Waals surface area contributed by atoms with E-state index in [1.807, 2.05) is 0 Å². The van der Waals surface area contributed by atoms with Crippen LogP contribution in [0.2, 0.25) is 0 Å². The molecule has 0 bridgehead atoms. The van der Waals surface area contributed by atoms with Gasteiger partial charge in [-0.15, -0.1) is 0 Å². The van der Waals surface area contributed by atoms with Crippen molar-refractivity contribution in [3.8, 4) is 0 Å². The van der Waals surface area contributed by atoms with E-state index in [1.54, 1.807) is 0 Å². The SMILES string of the molecule is OCC[C@@H]1CNC[C@H](O)[C@@H](O)[C@@H]1O. The van der Waals surface area contributed by atoms with E-state index < -0.39 is 18.3 Å². The lowest BCUT2D eigenvalue weighted by Crippen LogP contribution is -2.41. The van der Waals surface area contributed by atoms with Gasteiger partial charge in [0.05, 0.1) is 12.2 Å². The second-order valence-corrected chi connectivity index (χ2v) is 3.48. The van der Waals surface area contributed by atoms with Crippen LogP contribution < -0.4 is 5.32 Å². The molecule has 1 rings (SSSR count). The van der Waals surface area contributed by atoms with E-state index >= 15 is 0 Å². The molecule has 1 aliphatic rings. The Hall–Kier alpha value is -0.200. The van der Waals surface area contributed by atoms with E-state index in [9.17, 15) is 15.3 Å². The Labute approximate surface area is 77.0 Å². The summed E-state index contributed by atoms with van der Waals surface area (Å²) in [5.74, 6) is -0.197. The molecule has 0 amide bonds. The summed E-state index contributed by atoms with van der Waals surface area (Å²) in [6.45, 7) is 0.766. The zero-order valence-electron chi connectivity index (χ0n) is 7.43. The molecule has 1 fully saturated rings. The highest BCUT2D eigenvalue weighted by Gasteiger charge is 2.33. The lowest BCUT2D eigenvalue weighted by atomic mass is 9.94. The van der Waals surface area contributed by atoms with Crippen LogP contribution in [-0.4, -0.2) is 58.4 Å². The number of rotatable bonds is 2. The van der Waals surface area contributed by atoms with Crippen molar-refractivity contribution in [2.24, 2.45) is 5.92 Å². The first kappa shape index (κ1) is 10.9. The number of nitrogens with one attached hydrogen (secondary N) is 1. The maximum Gasteiger partial charge on any atom is 0.107 e. The van der Waals surface area contributed by atoms with Gasteiger partial charge in [-0.1, -0.05) is 0 Å². The van der Waals surface area contributed by atoms with Gasteiger partial charge in [0, 0.05) is 25.6 Å². The molecule has 0 saturated carbocycles. The Morgan fingerprint density at radius 1 is 1.08 bits per heavy atom. The summed E-state index contributed by atoms with van der Waals surface area (Å²) in [6, 6.07) is 0. The van der Waals surface area contributed by atoms with E-state index in [4.69, 9.17) is 5.11 Å². The Balaban J connectivity index is 2.55. The van der Waals surface area contributed by atoms with Gasteiger partial charge >= 0.3 is 0 Å². The summed E-state index contributed by atoms with van der Waals surface area (Å²) < 4.78 is 0. The largest absolute Gasteiger partial charge is 0.396 e. The van der Waals surface area contributed by atoms with Gasteiger partial charge in [-0.3, -0.25) is 0 Å². The molecule has 0 radical (unpaired) electrons. The highest BCUT2D eigenvalue weighted by atomic mass is 16.4. The second kappa shape index (κ2) is 4.88. The van der Waals surface area contributed by atoms with Gasteiger partial charge in [0.15, 0.2) is 0 Å². The molecule has 5 nitrogen and oxygen atoms in total. The smallest absolute Gasteiger partial charge is 0.107 e.